The number of hydrogen-bond donors (Lipinski definition) is 1. The zero-order chi connectivity index (χ0) is 13.3. The van der Waals surface area contributed by atoms with E-state index in [0.717, 1.165) is 10.0 Å². The highest BCUT2D eigenvalue weighted by Crippen LogP contribution is 2.25. The fourth-order valence-corrected chi connectivity index (χ4v) is 4.20. The third-order valence-corrected chi connectivity index (χ3v) is 5.51. The van der Waals surface area contributed by atoms with Gasteiger partial charge in [-0.25, -0.2) is 8.42 Å². The van der Waals surface area contributed by atoms with Crippen LogP contribution in [0.3, 0.4) is 0 Å². The molecule has 0 spiro atoms. The Labute approximate surface area is 116 Å². The normalized spacial score (nSPS) is 24.0. The number of sulfone groups is 1. The number of halogens is 1. The molecule has 6 heteroatoms. The molecule has 0 saturated carbocycles. The van der Waals surface area contributed by atoms with Gasteiger partial charge in [0.05, 0.1) is 11.5 Å². The lowest BCUT2D eigenvalue weighted by atomic mass is 10.1. The smallest absolute Gasteiger partial charge is 0.153 e. The van der Waals surface area contributed by atoms with Gasteiger partial charge in [0.2, 0.25) is 0 Å². The Morgan fingerprint density at radius 2 is 2.22 bits per heavy atom. The molecule has 100 valence electrons. The minimum atomic E-state index is -2.89. The topological polar surface area (TPSA) is 57.6 Å². The highest BCUT2D eigenvalue weighted by molar-refractivity contribution is 9.10. The molecule has 4 nitrogen and oxygen atoms in total. The van der Waals surface area contributed by atoms with Crippen LogP contribution in [0.15, 0.2) is 22.7 Å². The Morgan fingerprint density at radius 1 is 1.50 bits per heavy atom. The highest BCUT2D eigenvalue weighted by atomic mass is 79.9. The average Bonchev–Trinajstić information content (AvgIpc) is 2.26. The lowest BCUT2D eigenvalue weighted by Gasteiger charge is -2.33. The minimum absolute atomic E-state index is 0.0119. The summed E-state index contributed by atoms with van der Waals surface area (Å²) in [5.74, 6) is 0.646. The summed E-state index contributed by atoms with van der Waals surface area (Å²) < 4.78 is 23.9. The van der Waals surface area contributed by atoms with E-state index < -0.39 is 9.84 Å². The van der Waals surface area contributed by atoms with Gasteiger partial charge in [-0.1, -0.05) is 15.9 Å². The highest BCUT2D eigenvalue weighted by Gasteiger charge is 2.28. The molecule has 1 saturated heterocycles. The molecular formula is C12H16BrNO3S. The fourth-order valence-electron chi connectivity index (χ4n) is 2.17. The van der Waals surface area contributed by atoms with Crippen molar-refractivity contribution in [2.24, 2.45) is 0 Å². The molecule has 18 heavy (non-hydrogen) atoms. The average molecular weight is 334 g/mol. The van der Waals surface area contributed by atoms with Crippen LogP contribution < -0.4 is 0 Å². The molecule has 2 rings (SSSR count). The van der Waals surface area contributed by atoms with Gasteiger partial charge in [0, 0.05) is 29.2 Å². The lowest BCUT2D eigenvalue weighted by Crippen LogP contribution is -2.46. The van der Waals surface area contributed by atoms with E-state index in [1.54, 1.807) is 12.1 Å². The van der Waals surface area contributed by atoms with Crippen molar-refractivity contribution in [2.45, 2.75) is 19.5 Å². The molecule has 1 aromatic carbocycles. The summed E-state index contributed by atoms with van der Waals surface area (Å²) in [4.78, 5) is 2.09. The first-order chi connectivity index (χ1) is 8.37. The maximum absolute atomic E-state index is 11.5. The molecular weight excluding hydrogens is 318 g/mol. The number of phenolic OH excluding ortho intramolecular Hbond substituents is 1. The molecule has 1 aliphatic rings. The van der Waals surface area contributed by atoms with Crippen LogP contribution in [0.4, 0.5) is 0 Å². The van der Waals surface area contributed by atoms with E-state index >= 15 is 0 Å². The van der Waals surface area contributed by atoms with E-state index in [2.05, 4.69) is 20.8 Å². The van der Waals surface area contributed by atoms with Gasteiger partial charge in [0.1, 0.15) is 5.75 Å². The number of rotatable bonds is 2. The number of benzene rings is 1. The molecule has 1 aromatic rings. The number of nitrogens with zero attached hydrogens (tertiary/aromatic N) is 1. The second kappa shape index (κ2) is 5.19. The molecule has 0 aromatic heterocycles. The summed E-state index contributed by atoms with van der Waals surface area (Å²) in [6, 6.07) is 5.28. The van der Waals surface area contributed by atoms with Crippen LogP contribution in [0.2, 0.25) is 0 Å². The third kappa shape index (κ3) is 3.24. The molecule has 0 radical (unpaired) electrons. The quantitative estimate of drug-likeness (QED) is 0.896. The zero-order valence-electron chi connectivity index (χ0n) is 10.1. The summed E-state index contributed by atoms with van der Waals surface area (Å²) in [6.07, 6.45) is 0. The monoisotopic (exact) mass is 333 g/mol. The first-order valence-electron chi connectivity index (χ1n) is 5.79. The predicted molar refractivity (Wildman–Crippen MR) is 74.3 cm³/mol. The van der Waals surface area contributed by atoms with Crippen LogP contribution in [0.5, 0.6) is 5.75 Å². The van der Waals surface area contributed by atoms with E-state index in [4.69, 9.17) is 0 Å². The second-order valence-electron chi connectivity index (χ2n) is 4.71. The molecule has 0 aliphatic carbocycles. The summed E-state index contributed by atoms with van der Waals surface area (Å²) in [6.45, 7) is 3.00. The maximum atomic E-state index is 11.5. The summed E-state index contributed by atoms with van der Waals surface area (Å²) in [7, 11) is -2.89. The van der Waals surface area contributed by atoms with Gasteiger partial charge in [-0.2, -0.15) is 0 Å². The standard InChI is InChI=1S/C12H16BrNO3S/c1-9-8-18(16,17)5-4-14(9)7-10-6-11(13)2-3-12(10)15/h2-3,6,9,15H,4-5,7-8H2,1H3. The van der Waals surface area contributed by atoms with Crippen LogP contribution in [-0.4, -0.2) is 42.5 Å². The molecule has 1 N–H and O–H groups in total. The molecule has 1 unspecified atom stereocenters. The number of phenols is 1. The van der Waals surface area contributed by atoms with Crippen LogP contribution in [-0.2, 0) is 16.4 Å². The van der Waals surface area contributed by atoms with E-state index in [-0.39, 0.29) is 23.3 Å². The van der Waals surface area contributed by atoms with Crippen molar-refractivity contribution < 1.29 is 13.5 Å². The van der Waals surface area contributed by atoms with E-state index in [1.165, 1.54) is 0 Å². The molecule has 1 fully saturated rings. The lowest BCUT2D eigenvalue weighted by molar-refractivity contribution is 0.215. The number of aromatic hydroxyl groups is 1. The summed E-state index contributed by atoms with van der Waals surface area (Å²) in [5, 5.41) is 9.79. The first-order valence-corrected chi connectivity index (χ1v) is 8.41. The molecule has 1 aliphatic heterocycles. The van der Waals surface area contributed by atoms with Gasteiger partial charge < -0.3 is 5.11 Å². The van der Waals surface area contributed by atoms with Gasteiger partial charge >= 0.3 is 0 Å². The van der Waals surface area contributed by atoms with Crippen molar-refractivity contribution in [1.82, 2.24) is 4.90 Å². The van der Waals surface area contributed by atoms with Gasteiger partial charge in [-0.15, -0.1) is 0 Å². The van der Waals surface area contributed by atoms with Crippen molar-refractivity contribution >= 4 is 25.8 Å². The third-order valence-electron chi connectivity index (χ3n) is 3.22. The van der Waals surface area contributed by atoms with Crippen molar-refractivity contribution in [2.75, 3.05) is 18.1 Å². The maximum Gasteiger partial charge on any atom is 0.153 e. The first kappa shape index (κ1) is 13.8. The van der Waals surface area contributed by atoms with Gasteiger partial charge in [0.25, 0.3) is 0 Å². The second-order valence-corrected chi connectivity index (χ2v) is 7.85. The molecule has 0 bridgehead atoms. The Kier molecular flexibility index (Phi) is 3.99. The van der Waals surface area contributed by atoms with Crippen LogP contribution >= 0.6 is 15.9 Å². The minimum Gasteiger partial charge on any atom is -0.508 e. The van der Waals surface area contributed by atoms with Gasteiger partial charge in [-0.05, 0) is 25.1 Å². The van der Waals surface area contributed by atoms with Gasteiger partial charge in [-0.3, -0.25) is 4.90 Å². The van der Waals surface area contributed by atoms with E-state index in [9.17, 15) is 13.5 Å². The summed E-state index contributed by atoms with van der Waals surface area (Å²) >= 11 is 3.37. The number of hydrogen-bond acceptors (Lipinski definition) is 4. The van der Waals surface area contributed by atoms with Crippen LogP contribution in [0.25, 0.3) is 0 Å². The van der Waals surface area contributed by atoms with E-state index in [0.29, 0.717) is 13.1 Å². The molecule has 0 amide bonds. The zero-order valence-corrected chi connectivity index (χ0v) is 12.5. The Bertz CT molecular complexity index is 544. The molecule has 1 atom stereocenters. The largest absolute Gasteiger partial charge is 0.508 e. The SMILES string of the molecule is CC1CS(=O)(=O)CCN1Cc1cc(Br)ccc1O. The van der Waals surface area contributed by atoms with Crippen LogP contribution in [0.1, 0.15) is 12.5 Å². The fraction of sp³-hybridized carbons (Fsp3) is 0.500. The van der Waals surface area contributed by atoms with Crippen LogP contribution in [0, 0.1) is 0 Å². The molecule has 1 heterocycles. The Hall–Kier alpha value is -0.590. The van der Waals surface area contributed by atoms with Crippen molar-refractivity contribution in [1.29, 1.82) is 0 Å². The van der Waals surface area contributed by atoms with Gasteiger partial charge in [0.15, 0.2) is 9.84 Å². The van der Waals surface area contributed by atoms with Crippen molar-refractivity contribution in [3.8, 4) is 5.75 Å². The Morgan fingerprint density at radius 3 is 2.89 bits per heavy atom. The summed E-state index contributed by atoms with van der Waals surface area (Å²) in [5.41, 5.74) is 0.815. The predicted octanol–water partition coefficient (Wildman–Crippen LogP) is 1.77. The van der Waals surface area contributed by atoms with Crippen molar-refractivity contribution in [3.05, 3.63) is 28.2 Å². The van der Waals surface area contributed by atoms with E-state index in [1.807, 2.05) is 13.0 Å². The van der Waals surface area contributed by atoms with Crippen molar-refractivity contribution in [3.63, 3.8) is 0 Å². The Balaban J connectivity index is 2.12.